The molecule has 0 amide bonds. The predicted octanol–water partition coefficient (Wildman–Crippen LogP) is 2.07. The van der Waals surface area contributed by atoms with Crippen LogP contribution in [0.15, 0.2) is 30.6 Å². The maximum absolute atomic E-state index is 11.7. The second-order valence-electron chi connectivity index (χ2n) is 6.61. The zero-order valence-corrected chi connectivity index (χ0v) is 15.4. The number of carboxylic acid groups (broad SMARTS) is 1. The first-order valence-electron chi connectivity index (χ1n) is 9.18. The molecule has 0 bridgehead atoms. The topological polar surface area (TPSA) is 114 Å². The number of imidazole rings is 1. The van der Waals surface area contributed by atoms with E-state index in [4.69, 9.17) is 9.72 Å². The van der Waals surface area contributed by atoms with E-state index in [0.29, 0.717) is 61.1 Å². The molecule has 1 aliphatic heterocycles. The molecule has 0 saturated carbocycles. The van der Waals surface area contributed by atoms with Crippen LogP contribution < -0.4 is 4.90 Å². The van der Waals surface area contributed by atoms with Crippen molar-refractivity contribution in [3.8, 4) is 17.0 Å². The highest BCUT2D eigenvalue weighted by Gasteiger charge is 2.25. The Morgan fingerprint density at radius 2 is 2.07 bits per heavy atom. The van der Waals surface area contributed by atoms with Crippen LogP contribution in [0, 0.1) is 0 Å². The minimum atomic E-state index is -0.938. The fraction of sp³-hybridized carbons (Fsp3) is 0.368. The van der Waals surface area contributed by atoms with E-state index in [0.717, 1.165) is 0 Å². The molecule has 1 unspecified atom stereocenters. The number of anilines is 1. The molecule has 2 aromatic heterocycles. The average Bonchev–Trinajstić information content (AvgIpc) is 3.12. The Balaban J connectivity index is 1.93. The van der Waals surface area contributed by atoms with Gasteiger partial charge in [0, 0.05) is 18.7 Å². The number of aromatic nitrogens is 4. The van der Waals surface area contributed by atoms with Crippen LogP contribution in [0.3, 0.4) is 0 Å². The molecule has 9 heteroatoms. The standard InChI is InChI=1S/C19H21N5O4/c1-2-14(18(26)27)24-11-20-16-15(12-4-3-5-13(25)10-12)21-19(22-17(16)24)23-6-8-28-9-7-23/h3-5,10-11,14,25H,2,6-9H2,1H3,(H,26,27). The molecule has 4 rings (SSSR count). The van der Waals surface area contributed by atoms with Gasteiger partial charge in [-0.2, -0.15) is 4.98 Å². The van der Waals surface area contributed by atoms with Gasteiger partial charge in [-0.3, -0.25) is 0 Å². The van der Waals surface area contributed by atoms with Gasteiger partial charge in [0.2, 0.25) is 5.95 Å². The summed E-state index contributed by atoms with van der Waals surface area (Å²) in [7, 11) is 0. The molecule has 28 heavy (non-hydrogen) atoms. The van der Waals surface area contributed by atoms with Gasteiger partial charge in [0.15, 0.2) is 5.65 Å². The first-order valence-corrected chi connectivity index (χ1v) is 9.18. The van der Waals surface area contributed by atoms with Crippen molar-refractivity contribution >= 4 is 23.1 Å². The summed E-state index contributed by atoms with van der Waals surface area (Å²) < 4.78 is 6.99. The van der Waals surface area contributed by atoms with Gasteiger partial charge in [0.05, 0.1) is 19.5 Å². The second kappa shape index (κ2) is 7.43. The maximum Gasteiger partial charge on any atom is 0.326 e. The summed E-state index contributed by atoms with van der Waals surface area (Å²) in [6, 6.07) is 5.99. The number of phenols is 1. The van der Waals surface area contributed by atoms with E-state index in [1.54, 1.807) is 22.8 Å². The Kier molecular flexibility index (Phi) is 4.82. The molecule has 3 aromatic rings. The number of fused-ring (bicyclic) bond motifs is 1. The highest BCUT2D eigenvalue weighted by molar-refractivity contribution is 5.89. The van der Waals surface area contributed by atoms with E-state index in [1.165, 1.54) is 6.33 Å². The van der Waals surface area contributed by atoms with Crippen molar-refractivity contribution in [3.05, 3.63) is 30.6 Å². The third-order valence-electron chi connectivity index (χ3n) is 4.83. The summed E-state index contributed by atoms with van der Waals surface area (Å²) in [5, 5.41) is 19.5. The Hall–Kier alpha value is -3.20. The minimum Gasteiger partial charge on any atom is -0.508 e. The first kappa shape index (κ1) is 18.2. The number of carbonyl (C=O) groups is 1. The van der Waals surface area contributed by atoms with Crippen LogP contribution in [0.4, 0.5) is 5.95 Å². The van der Waals surface area contributed by atoms with Crippen LogP contribution in [0.25, 0.3) is 22.4 Å². The number of hydrogen-bond donors (Lipinski definition) is 2. The molecule has 0 aliphatic carbocycles. The lowest BCUT2D eigenvalue weighted by molar-refractivity contribution is -0.140. The summed E-state index contributed by atoms with van der Waals surface area (Å²) in [5.41, 5.74) is 2.21. The normalized spacial score (nSPS) is 15.7. The van der Waals surface area contributed by atoms with Crippen LogP contribution in [-0.4, -0.2) is 62.0 Å². The number of aliphatic carboxylic acids is 1. The molecular weight excluding hydrogens is 362 g/mol. The summed E-state index contributed by atoms with van der Waals surface area (Å²) in [4.78, 5) is 27.5. The van der Waals surface area contributed by atoms with E-state index in [-0.39, 0.29) is 5.75 Å². The van der Waals surface area contributed by atoms with Crippen LogP contribution in [0.2, 0.25) is 0 Å². The largest absolute Gasteiger partial charge is 0.508 e. The summed E-state index contributed by atoms with van der Waals surface area (Å²) in [6.07, 6.45) is 1.90. The van der Waals surface area contributed by atoms with Crippen LogP contribution in [-0.2, 0) is 9.53 Å². The molecule has 1 atom stereocenters. The van der Waals surface area contributed by atoms with Crippen molar-refractivity contribution in [2.75, 3.05) is 31.2 Å². The van der Waals surface area contributed by atoms with E-state index < -0.39 is 12.0 Å². The van der Waals surface area contributed by atoms with Gasteiger partial charge in [-0.05, 0) is 18.6 Å². The molecule has 0 radical (unpaired) electrons. The number of ether oxygens (including phenoxy) is 1. The fourth-order valence-electron chi connectivity index (χ4n) is 3.38. The molecule has 3 heterocycles. The van der Waals surface area contributed by atoms with Crippen LogP contribution >= 0.6 is 0 Å². The van der Waals surface area contributed by atoms with Crippen LogP contribution in [0.1, 0.15) is 19.4 Å². The molecule has 146 valence electrons. The molecule has 0 spiro atoms. The van der Waals surface area contributed by atoms with Crippen molar-refractivity contribution in [2.45, 2.75) is 19.4 Å². The molecule has 1 aromatic carbocycles. The molecule has 9 nitrogen and oxygen atoms in total. The summed E-state index contributed by atoms with van der Waals surface area (Å²) >= 11 is 0. The number of rotatable bonds is 5. The predicted molar refractivity (Wildman–Crippen MR) is 102 cm³/mol. The number of morpholine rings is 1. The summed E-state index contributed by atoms with van der Waals surface area (Å²) in [5.74, 6) is -0.322. The van der Waals surface area contributed by atoms with Gasteiger partial charge in [-0.1, -0.05) is 19.1 Å². The zero-order valence-electron chi connectivity index (χ0n) is 15.4. The van der Waals surface area contributed by atoms with Gasteiger partial charge in [-0.25, -0.2) is 14.8 Å². The van der Waals surface area contributed by atoms with Crippen LogP contribution in [0.5, 0.6) is 5.75 Å². The fourth-order valence-corrected chi connectivity index (χ4v) is 3.38. The van der Waals surface area contributed by atoms with Crippen molar-refractivity contribution < 1.29 is 19.7 Å². The van der Waals surface area contributed by atoms with Crippen molar-refractivity contribution in [2.24, 2.45) is 0 Å². The number of nitrogens with zero attached hydrogens (tertiary/aromatic N) is 5. The molecule has 1 aliphatic rings. The third kappa shape index (κ3) is 3.24. The third-order valence-corrected chi connectivity index (χ3v) is 4.83. The first-order chi connectivity index (χ1) is 13.6. The van der Waals surface area contributed by atoms with Gasteiger partial charge < -0.3 is 24.4 Å². The van der Waals surface area contributed by atoms with E-state index >= 15 is 0 Å². The Labute approximate surface area is 161 Å². The van der Waals surface area contributed by atoms with Gasteiger partial charge in [0.25, 0.3) is 0 Å². The van der Waals surface area contributed by atoms with E-state index in [1.807, 2.05) is 17.9 Å². The SMILES string of the molecule is CCC(C(=O)O)n1cnc2c(-c3cccc(O)c3)nc(N3CCOCC3)nc21. The maximum atomic E-state index is 11.7. The lowest BCUT2D eigenvalue weighted by Gasteiger charge is -2.27. The molecular formula is C19H21N5O4. The number of phenolic OH excluding ortho intramolecular Hbond substituents is 1. The smallest absolute Gasteiger partial charge is 0.326 e. The van der Waals surface area contributed by atoms with Gasteiger partial charge in [-0.15, -0.1) is 0 Å². The quantitative estimate of drug-likeness (QED) is 0.688. The Morgan fingerprint density at radius 1 is 1.29 bits per heavy atom. The lowest BCUT2D eigenvalue weighted by Crippen LogP contribution is -2.37. The molecule has 1 fully saturated rings. The number of hydrogen-bond acceptors (Lipinski definition) is 7. The minimum absolute atomic E-state index is 0.119. The van der Waals surface area contributed by atoms with E-state index in [9.17, 15) is 15.0 Å². The lowest BCUT2D eigenvalue weighted by atomic mass is 10.1. The zero-order chi connectivity index (χ0) is 19.7. The average molecular weight is 383 g/mol. The van der Waals surface area contributed by atoms with Crippen molar-refractivity contribution in [3.63, 3.8) is 0 Å². The molecule has 2 N–H and O–H groups in total. The van der Waals surface area contributed by atoms with Gasteiger partial charge in [0.1, 0.15) is 23.0 Å². The highest BCUT2D eigenvalue weighted by Crippen LogP contribution is 2.31. The second-order valence-corrected chi connectivity index (χ2v) is 6.61. The van der Waals surface area contributed by atoms with Crippen molar-refractivity contribution in [1.82, 2.24) is 19.5 Å². The van der Waals surface area contributed by atoms with Crippen molar-refractivity contribution in [1.29, 1.82) is 0 Å². The van der Waals surface area contributed by atoms with Gasteiger partial charge >= 0.3 is 5.97 Å². The number of aromatic hydroxyl groups is 1. The Morgan fingerprint density at radius 3 is 2.75 bits per heavy atom. The number of benzene rings is 1. The van der Waals surface area contributed by atoms with E-state index in [2.05, 4.69) is 9.97 Å². The monoisotopic (exact) mass is 383 g/mol. The highest BCUT2D eigenvalue weighted by atomic mass is 16.5. The summed E-state index contributed by atoms with van der Waals surface area (Å²) in [6.45, 7) is 4.26. The Bertz CT molecular complexity index is 1010. The number of carboxylic acids is 1. The molecule has 1 saturated heterocycles.